The largest absolute Gasteiger partial charge is 0.388 e. The molecule has 0 amide bonds. The normalized spacial score (nSPS) is 31.8. The van der Waals surface area contributed by atoms with Gasteiger partial charge < -0.3 is 9.84 Å². The van der Waals surface area contributed by atoms with Gasteiger partial charge in [0.2, 0.25) is 0 Å². The molecule has 4 nitrogen and oxygen atoms in total. The van der Waals surface area contributed by atoms with Gasteiger partial charge in [-0.05, 0) is 81.0 Å². The molecule has 2 saturated carbocycles. The quantitative estimate of drug-likeness (QED) is 0.766. The molecule has 2 unspecified atom stereocenters. The zero-order chi connectivity index (χ0) is 15.4. The maximum atomic E-state index is 9.75. The third kappa shape index (κ3) is 3.29. The molecule has 2 fully saturated rings. The zero-order valence-corrected chi connectivity index (χ0v) is 15.4. The minimum atomic E-state index is -0.724. The fourth-order valence-electron chi connectivity index (χ4n) is 3.73. The SMILES string of the molecule is CC(C)n1nc(I)cc1C1C2CC(OCC(C)(C)O)CC21. The molecule has 1 aromatic rings. The second kappa shape index (κ2) is 5.49. The molecule has 2 aliphatic carbocycles. The molecule has 2 atom stereocenters. The summed E-state index contributed by atoms with van der Waals surface area (Å²) in [6.07, 6.45) is 2.59. The predicted octanol–water partition coefficient (Wildman–Crippen LogP) is 3.35. The molecule has 0 aromatic carbocycles. The number of hydrogen-bond acceptors (Lipinski definition) is 3. The van der Waals surface area contributed by atoms with E-state index in [4.69, 9.17) is 4.74 Å². The van der Waals surface area contributed by atoms with Gasteiger partial charge >= 0.3 is 0 Å². The topological polar surface area (TPSA) is 47.3 Å². The maximum Gasteiger partial charge on any atom is 0.123 e. The van der Waals surface area contributed by atoms with E-state index in [0.29, 0.717) is 24.7 Å². The van der Waals surface area contributed by atoms with E-state index in [1.807, 2.05) is 0 Å². The standard InChI is InChI=1S/C16H25IN2O2/c1-9(2)19-13(7-14(17)18-19)15-11-5-10(6-12(11)15)21-8-16(3,4)20/h7,9-12,15,20H,5-6,8H2,1-4H3. The monoisotopic (exact) mass is 404 g/mol. The van der Waals surface area contributed by atoms with Gasteiger partial charge in [0.1, 0.15) is 3.70 Å². The van der Waals surface area contributed by atoms with Crippen molar-refractivity contribution in [1.29, 1.82) is 0 Å². The van der Waals surface area contributed by atoms with E-state index < -0.39 is 5.60 Å². The second-order valence-corrected chi connectivity index (χ2v) is 8.61. The number of aliphatic hydroxyl groups is 1. The van der Waals surface area contributed by atoms with Crippen LogP contribution in [0.5, 0.6) is 0 Å². The highest BCUT2D eigenvalue weighted by molar-refractivity contribution is 14.1. The summed E-state index contributed by atoms with van der Waals surface area (Å²) in [5.74, 6) is 2.18. The molecular weight excluding hydrogens is 379 g/mol. The molecule has 3 rings (SSSR count). The Hall–Kier alpha value is -0.140. The highest BCUT2D eigenvalue weighted by atomic mass is 127. The van der Waals surface area contributed by atoms with Crippen LogP contribution in [0.3, 0.4) is 0 Å². The van der Waals surface area contributed by atoms with E-state index in [-0.39, 0.29) is 0 Å². The lowest BCUT2D eigenvalue weighted by Gasteiger charge is -2.22. The van der Waals surface area contributed by atoms with Gasteiger partial charge in [0.05, 0.1) is 18.3 Å². The summed E-state index contributed by atoms with van der Waals surface area (Å²) in [5.41, 5.74) is 0.684. The van der Waals surface area contributed by atoms with E-state index in [2.05, 4.69) is 52.3 Å². The minimum Gasteiger partial charge on any atom is -0.388 e. The van der Waals surface area contributed by atoms with Gasteiger partial charge in [-0.2, -0.15) is 5.10 Å². The number of nitrogens with zero attached hydrogens (tertiary/aromatic N) is 2. The lowest BCUT2D eigenvalue weighted by Crippen LogP contribution is -2.29. The number of fused-ring (bicyclic) bond motifs is 1. The number of hydrogen-bond donors (Lipinski definition) is 1. The van der Waals surface area contributed by atoms with Crippen LogP contribution in [0.25, 0.3) is 0 Å². The Morgan fingerprint density at radius 3 is 2.57 bits per heavy atom. The highest BCUT2D eigenvalue weighted by Gasteiger charge is 2.58. The van der Waals surface area contributed by atoms with Crippen molar-refractivity contribution in [3.63, 3.8) is 0 Å². The van der Waals surface area contributed by atoms with Gasteiger partial charge in [0, 0.05) is 17.7 Å². The number of ether oxygens (including phenoxy) is 1. The van der Waals surface area contributed by atoms with Gasteiger partial charge in [-0.3, -0.25) is 4.68 Å². The van der Waals surface area contributed by atoms with Crippen LogP contribution in [0, 0.1) is 15.5 Å². The van der Waals surface area contributed by atoms with E-state index in [0.717, 1.165) is 28.4 Å². The first kappa shape index (κ1) is 15.7. The fourth-order valence-corrected chi connectivity index (χ4v) is 4.28. The van der Waals surface area contributed by atoms with E-state index in [1.165, 1.54) is 5.69 Å². The van der Waals surface area contributed by atoms with E-state index in [9.17, 15) is 5.11 Å². The Kier molecular flexibility index (Phi) is 4.12. The molecule has 1 heterocycles. The molecule has 2 aliphatic rings. The summed E-state index contributed by atoms with van der Waals surface area (Å²) in [7, 11) is 0. The highest BCUT2D eigenvalue weighted by Crippen LogP contribution is 2.63. The number of rotatable bonds is 5. The van der Waals surface area contributed by atoms with Crippen LogP contribution in [0.1, 0.15) is 58.2 Å². The molecule has 0 radical (unpaired) electrons. The van der Waals surface area contributed by atoms with E-state index in [1.54, 1.807) is 13.8 Å². The Morgan fingerprint density at radius 1 is 1.43 bits per heavy atom. The molecule has 0 saturated heterocycles. The van der Waals surface area contributed by atoms with Gasteiger partial charge in [0.25, 0.3) is 0 Å². The Labute approximate surface area is 140 Å². The summed E-state index contributed by atoms with van der Waals surface area (Å²) >= 11 is 2.31. The Morgan fingerprint density at radius 2 is 2.05 bits per heavy atom. The average molecular weight is 404 g/mol. The molecule has 1 N–H and O–H groups in total. The first-order valence-electron chi connectivity index (χ1n) is 7.85. The number of halogens is 1. The summed E-state index contributed by atoms with van der Waals surface area (Å²) in [5, 5.41) is 14.4. The minimum absolute atomic E-state index is 0.331. The number of aromatic nitrogens is 2. The van der Waals surface area contributed by atoms with Crippen LogP contribution in [-0.4, -0.2) is 33.2 Å². The molecule has 1 aromatic heterocycles. The zero-order valence-electron chi connectivity index (χ0n) is 13.2. The molecule has 118 valence electrons. The lowest BCUT2D eigenvalue weighted by atomic mass is 10.1. The van der Waals surface area contributed by atoms with Crippen molar-refractivity contribution in [3.8, 4) is 0 Å². The molecule has 0 spiro atoms. The van der Waals surface area contributed by atoms with Crippen molar-refractivity contribution in [2.45, 2.75) is 64.2 Å². The van der Waals surface area contributed by atoms with Crippen LogP contribution in [0.15, 0.2) is 6.07 Å². The summed E-state index contributed by atoms with van der Waals surface area (Å²) in [4.78, 5) is 0. The van der Waals surface area contributed by atoms with Crippen LogP contribution in [0.4, 0.5) is 0 Å². The fraction of sp³-hybridized carbons (Fsp3) is 0.812. The van der Waals surface area contributed by atoms with Crippen LogP contribution in [0.2, 0.25) is 0 Å². The smallest absolute Gasteiger partial charge is 0.123 e. The van der Waals surface area contributed by atoms with Crippen molar-refractivity contribution >= 4 is 22.6 Å². The summed E-state index contributed by atoms with van der Waals surface area (Å²) < 4.78 is 9.15. The predicted molar refractivity (Wildman–Crippen MR) is 90.3 cm³/mol. The summed E-state index contributed by atoms with van der Waals surface area (Å²) in [6.45, 7) is 8.42. The average Bonchev–Trinajstić information content (AvgIpc) is 2.75. The second-order valence-electron chi connectivity index (χ2n) is 7.50. The molecule has 5 heteroatoms. The molecule has 21 heavy (non-hydrogen) atoms. The third-order valence-electron chi connectivity index (χ3n) is 4.64. The molecule has 0 bridgehead atoms. The van der Waals surface area contributed by atoms with Crippen molar-refractivity contribution in [1.82, 2.24) is 9.78 Å². The van der Waals surface area contributed by atoms with Crippen LogP contribution < -0.4 is 0 Å². The molecular formula is C16H25IN2O2. The maximum absolute atomic E-state index is 9.75. The first-order chi connectivity index (χ1) is 9.76. The van der Waals surface area contributed by atoms with Crippen molar-refractivity contribution in [3.05, 3.63) is 15.5 Å². The third-order valence-corrected chi connectivity index (χ3v) is 5.17. The summed E-state index contributed by atoms with van der Waals surface area (Å²) in [6, 6.07) is 2.67. The van der Waals surface area contributed by atoms with Gasteiger partial charge in [-0.15, -0.1) is 0 Å². The molecule has 0 aliphatic heterocycles. The first-order valence-corrected chi connectivity index (χ1v) is 8.93. The van der Waals surface area contributed by atoms with Crippen LogP contribution >= 0.6 is 22.6 Å². The van der Waals surface area contributed by atoms with Crippen molar-refractivity contribution in [2.75, 3.05) is 6.61 Å². The lowest BCUT2D eigenvalue weighted by molar-refractivity contribution is -0.0543. The van der Waals surface area contributed by atoms with Gasteiger partial charge in [-0.1, -0.05) is 0 Å². The van der Waals surface area contributed by atoms with Gasteiger partial charge in [-0.25, -0.2) is 0 Å². The van der Waals surface area contributed by atoms with Gasteiger partial charge in [0.15, 0.2) is 0 Å². The van der Waals surface area contributed by atoms with E-state index >= 15 is 0 Å². The van der Waals surface area contributed by atoms with Crippen molar-refractivity contribution in [2.24, 2.45) is 11.8 Å². The Bertz CT molecular complexity index is 509. The Balaban J connectivity index is 1.60. The van der Waals surface area contributed by atoms with Crippen LogP contribution in [-0.2, 0) is 4.74 Å². The van der Waals surface area contributed by atoms with Crippen molar-refractivity contribution < 1.29 is 9.84 Å².